The van der Waals surface area contributed by atoms with Crippen LogP contribution in [0.1, 0.15) is 22.9 Å². The molecule has 0 aliphatic heterocycles. The second-order valence-corrected chi connectivity index (χ2v) is 5.44. The van der Waals surface area contributed by atoms with Crippen LogP contribution in [-0.2, 0) is 6.54 Å². The third-order valence-electron chi connectivity index (χ3n) is 3.45. The van der Waals surface area contributed by atoms with Gasteiger partial charge in [-0.2, -0.15) is 0 Å². The SMILES string of the molecule is S=C(NCc1ccco1)N[C@H](c1ccccc1)c1ccncc1. The zero-order chi connectivity index (χ0) is 15.9. The molecule has 0 amide bonds. The van der Waals surface area contributed by atoms with Gasteiger partial charge in [0.05, 0.1) is 18.8 Å². The molecule has 4 nitrogen and oxygen atoms in total. The van der Waals surface area contributed by atoms with E-state index < -0.39 is 0 Å². The Morgan fingerprint density at radius 3 is 2.43 bits per heavy atom. The molecule has 0 aliphatic rings. The van der Waals surface area contributed by atoms with E-state index in [1.54, 1.807) is 18.7 Å². The molecular weight excluding hydrogens is 306 g/mol. The Hall–Kier alpha value is -2.66. The van der Waals surface area contributed by atoms with Gasteiger partial charge < -0.3 is 15.1 Å². The topological polar surface area (TPSA) is 50.1 Å². The van der Waals surface area contributed by atoms with Crippen molar-refractivity contribution in [3.63, 3.8) is 0 Å². The number of nitrogens with zero attached hydrogens (tertiary/aromatic N) is 1. The van der Waals surface area contributed by atoms with Crippen LogP contribution >= 0.6 is 12.2 Å². The molecule has 3 aromatic rings. The lowest BCUT2D eigenvalue weighted by Crippen LogP contribution is -2.37. The molecule has 0 aliphatic carbocycles. The second kappa shape index (κ2) is 7.56. The number of benzene rings is 1. The Morgan fingerprint density at radius 1 is 1.00 bits per heavy atom. The van der Waals surface area contributed by atoms with Crippen LogP contribution in [0, 0.1) is 0 Å². The molecule has 2 aromatic heterocycles. The number of hydrogen-bond acceptors (Lipinski definition) is 3. The number of rotatable bonds is 5. The average Bonchev–Trinajstić information content (AvgIpc) is 3.13. The van der Waals surface area contributed by atoms with Gasteiger partial charge in [0.25, 0.3) is 0 Å². The fourth-order valence-corrected chi connectivity index (χ4v) is 2.51. The van der Waals surface area contributed by atoms with Crippen molar-refractivity contribution in [3.8, 4) is 0 Å². The van der Waals surface area contributed by atoms with Crippen molar-refractivity contribution in [2.24, 2.45) is 0 Å². The number of thiocarbonyl (C=S) groups is 1. The summed E-state index contributed by atoms with van der Waals surface area (Å²) in [7, 11) is 0. The second-order valence-electron chi connectivity index (χ2n) is 5.03. The maximum atomic E-state index is 5.42. The van der Waals surface area contributed by atoms with Gasteiger partial charge in [0, 0.05) is 12.4 Å². The van der Waals surface area contributed by atoms with E-state index in [9.17, 15) is 0 Å². The molecule has 0 spiro atoms. The molecule has 0 unspecified atom stereocenters. The Bertz CT molecular complexity index is 690. The first-order chi connectivity index (χ1) is 11.3. The number of furan rings is 1. The first-order valence-corrected chi connectivity index (χ1v) is 7.75. The predicted octanol–water partition coefficient (Wildman–Crippen LogP) is 3.43. The first kappa shape index (κ1) is 15.2. The van der Waals surface area contributed by atoms with Crippen LogP contribution in [0.4, 0.5) is 0 Å². The van der Waals surface area contributed by atoms with E-state index in [0.717, 1.165) is 16.9 Å². The van der Waals surface area contributed by atoms with Gasteiger partial charge in [0.1, 0.15) is 5.76 Å². The zero-order valence-corrected chi connectivity index (χ0v) is 13.3. The highest BCUT2D eigenvalue weighted by atomic mass is 32.1. The van der Waals surface area contributed by atoms with E-state index in [1.807, 2.05) is 42.5 Å². The van der Waals surface area contributed by atoms with Crippen molar-refractivity contribution >= 4 is 17.3 Å². The van der Waals surface area contributed by atoms with Gasteiger partial charge in [-0.05, 0) is 47.6 Å². The minimum atomic E-state index is -0.0317. The highest BCUT2D eigenvalue weighted by Gasteiger charge is 2.14. The summed E-state index contributed by atoms with van der Waals surface area (Å²) in [4.78, 5) is 4.08. The van der Waals surface area contributed by atoms with E-state index in [-0.39, 0.29) is 6.04 Å². The molecule has 0 saturated carbocycles. The molecule has 5 heteroatoms. The fraction of sp³-hybridized carbons (Fsp3) is 0.111. The number of aromatic nitrogens is 1. The van der Waals surface area contributed by atoms with Gasteiger partial charge in [-0.3, -0.25) is 4.98 Å². The molecule has 2 N–H and O–H groups in total. The summed E-state index contributed by atoms with van der Waals surface area (Å²) in [6, 6.07) is 17.9. The molecular formula is C18H17N3OS. The van der Waals surface area contributed by atoms with Gasteiger partial charge in [-0.15, -0.1) is 0 Å². The standard InChI is InChI=1S/C18H17N3OS/c23-18(20-13-16-7-4-12-22-16)21-17(14-5-2-1-3-6-14)15-8-10-19-11-9-15/h1-12,17H,13H2,(H2,20,21,23)/t17-/m1/s1. The van der Waals surface area contributed by atoms with Gasteiger partial charge in [-0.25, -0.2) is 0 Å². The van der Waals surface area contributed by atoms with E-state index in [2.05, 4.69) is 27.8 Å². The Labute approximate surface area is 140 Å². The van der Waals surface area contributed by atoms with Gasteiger partial charge in [0.2, 0.25) is 0 Å². The first-order valence-electron chi connectivity index (χ1n) is 7.34. The normalized spacial score (nSPS) is 11.7. The molecule has 2 heterocycles. The van der Waals surface area contributed by atoms with E-state index >= 15 is 0 Å². The summed E-state index contributed by atoms with van der Waals surface area (Å²) in [6.45, 7) is 0.552. The summed E-state index contributed by atoms with van der Waals surface area (Å²) < 4.78 is 5.30. The molecule has 0 radical (unpaired) electrons. The van der Waals surface area contributed by atoms with Crippen LogP contribution in [0.2, 0.25) is 0 Å². The van der Waals surface area contributed by atoms with Crippen molar-refractivity contribution in [2.45, 2.75) is 12.6 Å². The summed E-state index contributed by atoms with van der Waals surface area (Å²) in [6.07, 6.45) is 5.22. The minimum Gasteiger partial charge on any atom is -0.467 e. The molecule has 1 atom stereocenters. The smallest absolute Gasteiger partial charge is 0.167 e. The van der Waals surface area contributed by atoms with Gasteiger partial charge >= 0.3 is 0 Å². The molecule has 0 fully saturated rings. The third-order valence-corrected chi connectivity index (χ3v) is 3.71. The molecule has 3 rings (SSSR count). The van der Waals surface area contributed by atoms with Crippen LogP contribution in [0.5, 0.6) is 0 Å². The van der Waals surface area contributed by atoms with Gasteiger partial charge in [0.15, 0.2) is 5.11 Å². The molecule has 0 saturated heterocycles. The number of pyridine rings is 1. The van der Waals surface area contributed by atoms with Crippen LogP contribution < -0.4 is 10.6 Å². The van der Waals surface area contributed by atoms with Crippen LogP contribution in [-0.4, -0.2) is 10.1 Å². The number of nitrogens with one attached hydrogen (secondary N) is 2. The maximum absolute atomic E-state index is 5.42. The summed E-state index contributed by atoms with van der Waals surface area (Å²) in [5, 5.41) is 7.10. The van der Waals surface area contributed by atoms with E-state index in [0.29, 0.717) is 11.7 Å². The van der Waals surface area contributed by atoms with Crippen molar-refractivity contribution in [1.29, 1.82) is 0 Å². The summed E-state index contributed by atoms with van der Waals surface area (Å²) in [5.74, 6) is 0.842. The number of hydrogen-bond donors (Lipinski definition) is 2. The largest absolute Gasteiger partial charge is 0.467 e. The van der Waals surface area contributed by atoms with Crippen LogP contribution in [0.3, 0.4) is 0 Å². The lowest BCUT2D eigenvalue weighted by atomic mass is 10.00. The highest BCUT2D eigenvalue weighted by molar-refractivity contribution is 7.80. The quantitative estimate of drug-likeness (QED) is 0.705. The van der Waals surface area contributed by atoms with Crippen LogP contribution in [0.15, 0.2) is 77.7 Å². The third kappa shape index (κ3) is 4.17. The van der Waals surface area contributed by atoms with E-state index in [1.165, 1.54) is 0 Å². The zero-order valence-electron chi connectivity index (χ0n) is 12.5. The fourth-order valence-electron chi connectivity index (χ4n) is 2.32. The molecule has 0 bridgehead atoms. The lowest BCUT2D eigenvalue weighted by molar-refractivity contribution is 0.502. The highest BCUT2D eigenvalue weighted by Crippen LogP contribution is 2.21. The minimum absolute atomic E-state index is 0.0317. The lowest BCUT2D eigenvalue weighted by Gasteiger charge is -2.21. The molecule has 1 aromatic carbocycles. The van der Waals surface area contributed by atoms with Crippen molar-refractivity contribution in [3.05, 3.63) is 90.1 Å². The Morgan fingerprint density at radius 2 is 1.74 bits per heavy atom. The molecule has 23 heavy (non-hydrogen) atoms. The van der Waals surface area contributed by atoms with Crippen molar-refractivity contribution in [2.75, 3.05) is 0 Å². The van der Waals surface area contributed by atoms with Crippen molar-refractivity contribution < 1.29 is 4.42 Å². The maximum Gasteiger partial charge on any atom is 0.167 e. The summed E-state index contributed by atoms with van der Waals surface area (Å²) >= 11 is 5.42. The monoisotopic (exact) mass is 323 g/mol. The summed E-state index contributed by atoms with van der Waals surface area (Å²) in [5.41, 5.74) is 2.24. The predicted molar refractivity (Wildman–Crippen MR) is 93.8 cm³/mol. The Balaban J connectivity index is 1.72. The average molecular weight is 323 g/mol. The van der Waals surface area contributed by atoms with Crippen molar-refractivity contribution in [1.82, 2.24) is 15.6 Å². The molecule has 116 valence electrons. The Kier molecular flexibility index (Phi) is 5.01. The van der Waals surface area contributed by atoms with E-state index in [4.69, 9.17) is 16.6 Å². The van der Waals surface area contributed by atoms with Crippen LogP contribution in [0.25, 0.3) is 0 Å². The van der Waals surface area contributed by atoms with Gasteiger partial charge in [-0.1, -0.05) is 30.3 Å².